The SMILES string of the molecule is CC(C)c1nc2ccc(C(F)(F)F)nc2n1-c1ccc2c(c1)CNN2. The normalized spacial score (nSPS) is 14.2. The van der Waals surface area contributed by atoms with Crippen LogP contribution in [0.15, 0.2) is 30.3 Å². The van der Waals surface area contributed by atoms with Crippen molar-refractivity contribution >= 4 is 16.9 Å². The van der Waals surface area contributed by atoms with E-state index in [0.29, 0.717) is 17.9 Å². The van der Waals surface area contributed by atoms with Gasteiger partial charge in [-0.2, -0.15) is 13.2 Å². The summed E-state index contributed by atoms with van der Waals surface area (Å²) in [6, 6.07) is 8.05. The molecular weight excluding hydrogens is 331 g/mol. The van der Waals surface area contributed by atoms with E-state index in [1.165, 1.54) is 6.07 Å². The number of alkyl halides is 3. The zero-order chi connectivity index (χ0) is 17.8. The maximum absolute atomic E-state index is 13.1. The fraction of sp³-hybridized carbons (Fsp3) is 0.294. The van der Waals surface area contributed by atoms with E-state index >= 15 is 0 Å². The highest BCUT2D eigenvalue weighted by Gasteiger charge is 2.33. The number of halogens is 3. The first kappa shape index (κ1) is 15.9. The molecule has 0 aliphatic carbocycles. The van der Waals surface area contributed by atoms with Gasteiger partial charge >= 0.3 is 6.18 Å². The molecule has 2 aromatic heterocycles. The fourth-order valence-electron chi connectivity index (χ4n) is 3.00. The quantitative estimate of drug-likeness (QED) is 0.736. The summed E-state index contributed by atoms with van der Waals surface area (Å²) >= 11 is 0. The Labute approximate surface area is 141 Å². The van der Waals surface area contributed by atoms with Gasteiger partial charge in [0.2, 0.25) is 0 Å². The van der Waals surface area contributed by atoms with E-state index in [2.05, 4.69) is 20.8 Å². The van der Waals surface area contributed by atoms with Crippen LogP contribution in [0.25, 0.3) is 16.9 Å². The van der Waals surface area contributed by atoms with Crippen molar-refractivity contribution in [2.75, 3.05) is 5.43 Å². The predicted octanol–water partition coefficient (Wildman–Crippen LogP) is 3.99. The van der Waals surface area contributed by atoms with Gasteiger partial charge in [-0.1, -0.05) is 13.8 Å². The number of anilines is 1. The van der Waals surface area contributed by atoms with Gasteiger partial charge in [-0.3, -0.25) is 4.57 Å². The highest BCUT2D eigenvalue weighted by molar-refractivity contribution is 5.75. The molecule has 2 N–H and O–H groups in total. The van der Waals surface area contributed by atoms with Crippen molar-refractivity contribution < 1.29 is 13.2 Å². The van der Waals surface area contributed by atoms with Gasteiger partial charge in [0.25, 0.3) is 0 Å². The van der Waals surface area contributed by atoms with Crippen LogP contribution in [0.5, 0.6) is 0 Å². The number of nitrogens with zero attached hydrogens (tertiary/aromatic N) is 3. The third kappa shape index (κ3) is 2.62. The zero-order valence-corrected chi connectivity index (χ0v) is 13.6. The number of imidazole rings is 1. The lowest BCUT2D eigenvalue weighted by atomic mass is 10.1. The first-order valence-electron chi connectivity index (χ1n) is 7.93. The highest BCUT2D eigenvalue weighted by atomic mass is 19.4. The van der Waals surface area contributed by atoms with Crippen molar-refractivity contribution in [3.63, 3.8) is 0 Å². The summed E-state index contributed by atoms with van der Waals surface area (Å²) < 4.78 is 41.0. The summed E-state index contributed by atoms with van der Waals surface area (Å²) in [5.74, 6) is 0.716. The van der Waals surface area contributed by atoms with Crippen LogP contribution in [-0.2, 0) is 12.7 Å². The van der Waals surface area contributed by atoms with Crippen LogP contribution < -0.4 is 10.9 Å². The Balaban J connectivity index is 1.98. The minimum Gasteiger partial charge on any atom is -0.321 e. The maximum atomic E-state index is 13.1. The summed E-state index contributed by atoms with van der Waals surface area (Å²) in [6.45, 7) is 4.56. The molecule has 0 saturated carbocycles. The Bertz CT molecular complexity index is 959. The second kappa shape index (κ2) is 5.45. The van der Waals surface area contributed by atoms with Gasteiger partial charge in [0.15, 0.2) is 5.65 Å². The molecule has 0 atom stereocenters. The number of hydrazine groups is 1. The van der Waals surface area contributed by atoms with Gasteiger partial charge in [0.05, 0.1) is 5.69 Å². The van der Waals surface area contributed by atoms with Crippen molar-refractivity contribution in [1.82, 2.24) is 20.0 Å². The highest BCUT2D eigenvalue weighted by Crippen LogP contribution is 2.32. The van der Waals surface area contributed by atoms with E-state index in [1.807, 2.05) is 32.0 Å². The smallest absolute Gasteiger partial charge is 0.321 e. The lowest BCUT2D eigenvalue weighted by Crippen LogP contribution is -2.10. The minimum atomic E-state index is -4.49. The van der Waals surface area contributed by atoms with Gasteiger partial charge in [-0.05, 0) is 35.9 Å². The van der Waals surface area contributed by atoms with Crippen LogP contribution in [0.2, 0.25) is 0 Å². The number of hydrogen-bond acceptors (Lipinski definition) is 4. The van der Waals surface area contributed by atoms with Crippen LogP contribution >= 0.6 is 0 Å². The molecule has 4 rings (SSSR count). The molecule has 0 fully saturated rings. The van der Waals surface area contributed by atoms with Crippen molar-refractivity contribution in [2.24, 2.45) is 0 Å². The second-order valence-electron chi connectivity index (χ2n) is 6.32. The Hall–Kier alpha value is -2.61. The summed E-state index contributed by atoms with van der Waals surface area (Å²) in [7, 11) is 0. The summed E-state index contributed by atoms with van der Waals surface area (Å²) in [5.41, 5.74) is 8.57. The molecule has 0 spiro atoms. The molecule has 130 valence electrons. The minimum absolute atomic E-state index is 0.0352. The Morgan fingerprint density at radius 2 is 1.92 bits per heavy atom. The summed E-state index contributed by atoms with van der Waals surface area (Å²) in [5, 5.41) is 0. The third-order valence-corrected chi connectivity index (χ3v) is 4.19. The molecule has 3 heterocycles. The average Bonchev–Trinajstić information content (AvgIpc) is 3.16. The van der Waals surface area contributed by atoms with Gasteiger partial charge in [-0.25, -0.2) is 15.4 Å². The number of pyridine rings is 1. The fourth-order valence-corrected chi connectivity index (χ4v) is 3.00. The molecule has 8 heteroatoms. The lowest BCUT2D eigenvalue weighted by Gasteiger charge is -2.13. The molecule has 0 amide bonds. The van der Waals surface area contributed by atoms with Crippen LogP contribution in [0.4, 0.5) is 18.9 Å². The standard InChI is InChI=1S/C17H16F3N5/c1-9(2)15-22-13-5-6-14(17(18,19)20)23-16(13)25(15)11-3-4-12-10(7-11)8-21-24-12/h3-7,9,21,24H,8H2,1-2H3. The second-order valence-corrected chi connectivity index (χ2v) is 6.32. The van der Waals surface area contributed by atoms with Crippen LogP contribution in [0.1, 0.15) is 36.8 Å². The van der Waals surface area contributed by atoms with Gasteiger partial charge < -0.3 is 5.43 Å². The van der Waals surface area contributed by atoms with Crippen molar-refractivity contribution in [3.05, 3.63) is 47.4 Å². The molecule has 1 aromatic carbocycles. The zero-order valence-electron chi connectivity index (χ0n) is 13.6. The average molecular weight is 347 g/mol. The van der Waals surface area contributed by atoms with Crippen LogP contribution in [0.3, 0.4) is 0 Å². The Kier molecular flexibility index (Phi) is 3.47. The summed E-state index contributed by atoms with van der Waals surface area (Å²) in [4.78, 5) is 8.37. The van der Waals surface area contributed by atoms with E-state index in [0.717, 1.165) is 23.0 Å². The number of nitrogens with one attached hydrogen (secondary N) is 2. The first-order valence-corrected chi connectivity index (χ1v) is 7.93. The monoisotopic (exact) mass is 347 g/mol. The van der Waals surface area contributed by atoms with E-state index in [-0.39, 0.29) is 11.6 Å². The first-order chi connectivity index (χ1) is 11.8. The largest absolute Gasteiger partial charge is 0.433 e. The molecule has 0 saturated heterocycles. The maximum Gasteiger partial charge on any atom is 0.433 e. The Morgan fingerprint density at radius 1 is 1.12 bits per heavy atom. The number of aromatic nitrogens is 3. The number of rotatable bonds is 2. The molecule has 25 heavy (non-hydrogen) atoms. The number of benzene rings is 1. The molecule has 0 radical (unpaired) electrons. The molecular formula is C17H16F3N5. The summed E-state index contributed by atoms with van der Waals surface area (Å²) in [6.07, 6.45) is -4.49. The van der Waals surface area contributed by atoms with E-state index in [4.69, 9.17) is 0 Å². The molecule has 3 aromatic rings. The van der Waals surface area contributed by atoms with Crippen LogP contribution in [0, 0.1) is 0 Å². The van der Waals surface area contributed by atoms with Gasteiger partial charge in [0.1, 0.15) is 17.0 Å². The van der Waals surface area contributed by atoms with Crippen molar-refractivity contribution in [2.45, 2.75) is 32.5 Å². The van der Waals surface area contributed by atoms with Crippen molar-refractivity contribution in [3.8, 4) is 5.69 Å². The van der Waals surface area contributed by atoms with Gasteiger partial charge in [-0.15, -0.1) is 0 Å². The topological polar surface area (TPSA) is 54.8 Å². The number of fused-ring (bicyclic) bond motifs is 2. The molecule has 0 bridgehead atoms. The van der Waals surface area contributed by atoms with E-state index in [1.54, 1.807) is 4.57 Å². The molecule has 1 aliphatic rings. The number of hydrogen-bond donors (Lipinski definition) is 2. The molecule has 5 nitrogen and oxygen atoms in total. The van der Waals surface area contributed by atoms with Gasteiger partial charge in [0, 0.05) is 18.2 Å². The van der Waals surface area contributed by atoms with E-state index in [9.17, 15) is 13.2 Å². The van der Waals surface area contributed by atoms with E-state index < -0.39 is 11.9 Å². The Morgan fingerprint density at radius 3 is 2.64 bits per heavy atom. The molecule has 0 unspecified atom stereocenters. The molecule has 1 aliphatic heterocycles. The lowest BCUT2D eigenvalue weighted by molar-refractivity contribution is -0.141. The van der Waals surface area contributed by atoms with Crippen molar-refractivity contribution in [1.29, 1.82) is 0 Å². The predicted molar refractivity (Wildman–Crippen MR) is 88.4 cm³/mol. The third-order valence-electron chi connectivity index (χ3n) is 4.19. The van der Waals surface area contributed by atoms with Crippen LogP contribution in [-0.4, -0.2) is 14.5 Å².